The number of aromatic nitrogens is 1. The molecule has 2 heterocycles. The molecule has 10 nitrogen and oxygen atoms in total. The number of fused-ring (bicyclic) bond motifs is 1. The van der Waals surface area contributed by atoms with Gasteiger partial charge in [0.05, 0.1) is 36.3 Å². The Morgan fingerprint density at radius 1 is 1.03 bits per heavy atom. The van der Waals surface area contributed by atoms with Crippen LogP contribution in [0, 0.1) is 10.1 Å². The number of nitro benzene ring substituents is 1. The topological polar surface area (TPSA) is 135 Å². The van der Waals surface area contributed by atoms with Crippen molar-refractivity contribution in [1.82, 2.24) is 9.88 Å². The van der Waals surface area contributed by atoms with E-state index < -0.39 is 28.4 Å². The number of para-hydroxylation sites is 1. The minimum absolute atomic E-state index is 0.0698. The Labute approximate surface area is 223 Å². The summed E-state index contributed by atoms with van der Waals surface area (Å²) in [6.45, 7) is 0.0698. The van der Waals surface area contributed by atoms with Crippen molar-refractivity contribution < 1.29 is 29.1 Å². The van der Waals surface area contributed by atoms with Crippen molar-refractivity contribution in [1.29, 1.82) is 0 Å². The summed E-state index contributed by atoms with van der Waals surface area (Å²) in [7, 11) is 3.04. The van der Waals surface area contributed by atoms with Gasteiger partial charge in [-0.05, 0) is 48.4 Å². The molecule has 1 aliphatic heterocycles. The van der Waals surface area contributed by atoms with Crippen molar-refractivity contribution in [3.8, 4) is 11.5 Å². The molecule has 1 aliphatic rings. The van der Waals surface area contributed by atoms with Crippen LogP contribution >= 0.6 is 0 Å². The van der Waals surface area contributed by atoms with Crippen LogP contribution in [0.2, 0.25) is 0 Å². The summed E-state index contributed by atoms with van der Waals surface area (Å²) < 4.78 is 10.6. The van der Waals surface area contributed by atoms with Gasteiger partial charge < -0.3 is 24.5 Å². The number of amides is 1. The Hall–Kier alpha value is -5.12. The molecule has 0 aliphatic carbocycles. The number of nitro groups is 1. The molecule has 1 aromatic heterocycles. The van der Waals surface area contributed by atoms with Crippen molar-refractivity contribution in [2.45, 2.75) is 12.5 Å². The molecule has 1 fully saturated rings. The minimum atomic E-state index is -1.17. The molecule has 0 unspecified atom stereocenters. The Kier molecular flexibility index (Phi) is 6.76. The van der Waals surface area contributed by atoms with E-state index in [1.807, 2.05) is 24.4 Å². The van der Waals surface area contributed by atoms with Gasteiger partial charge in [-0.1, -0.05) is 24.3 Å². The van der Waals surface area contributed by atoms with E-state index in [0.29, 0.717) is 17.9 Å². The minimum Gasteiger partial charge on any atom is -0.507 e. The number of likely N-dealkylation sites (tertiary alicyclic amines) is 1. The zero-order chi connectivity index (χ0) is 27.7. The van der Waals surface area contributed by atoms with Crippen molar-refractivity contribution in [2.75, 3.05) is 20.8 Å². The van der Waals surface area contributed by atoms with Crippen LogP contribution in [0.4, 0.5) is 5.69 Å². The average molecular weight is 528 g/mol. The smallest absolute Gasteiger partial charge is 0.295 e. The van der Waals surface area contributed by atoms with Crippen LogP contribution in [-0.4, -0.2) is 52.4 Å². The standard InChI is InChI=1S/C29H25N3O7/c1-38-19-7-5-6-17(14-19)27(33)25-26(21-8-3-4-9-24(21)32(36)37)31(29(35)28(25)34)13-12-18-16-30-23-11-10-20(39-2)15-22(18)23/h3-11,14-16,26,30,33H,12-13H2,1-2H3/t26-/m0/s1. The number of Topliss-reactive ketones (excluding diaryl/α,β-unsaturated/α-hetero) is 1. The first-order valence-electron chi connectivity index (χ1n) is 12.1. The number of hydrogen-bond donors (Lipinski definition) is 2. The lowest BCUT2D eigenvalue weighted by molar-refractivity contribution is -0.385. The fourth-order valence-electron chi connectivity index (χ4n) is 4.98. The number of methoxy groups -OCH3 is 2. The van der Waals surface area contributed by atoms with E-state index in [1.165, 1.54) is 36.3 Å². The maximum atomic E-state index is 13.4. The lowest BCUT2D eigenvalue weighted by Crippen LogP contribution is -2.32. The van der Waals surface area contributed by atoms with Gasteiger partial charge in [0.2, 0.25) is 0 Å². The highest BCUT2D eigenvalue weighted by atomic mass is 16.6. The Morgan fingerprint density at radius 3 is 2.51 bits per heavy atom. The van der Waals surface area contributed by atoms with Gasteiger partial charge in [0.25, 0.3) is 17.4 Å². The average Bonchev–Trinajstić information content (AvgIpc) is 3.48. The summed E-state index contributed by atoms with van der Waals surface area (Å²) in [5.41, 5.74) is 1.65. The fourth-order valence-corrected chi connectivity index (χ4v) is 4.98. The Bertz CT molecular complexity index is 1640. The molecule has 1 saturated heterocycles. The van der Waals surface area contributed by atoms with Gasteiger partial charge in [0.1, 0.15) is 17.3 Å². The number of H-pyrrole nitrogens is 1. The van der Waals surface area contributed by atoms with Crippen LogP contribution in [0.15, 0.2) is 78.5 Å². The molecule has 0 spiro atoms. The van der Waals surface area contributed by atoms with E-state index >= 15 is 0 Å². The third-order valence-corrected chi connectivity index (χ3v) is 6.91. The van der Waals surface area contributed by atoms with Crippen molar-refractivity contribution >= 4 is 34.0 Å². The van der Waals surface area contributed by atoms with E-state index in [-0.39, 0.29) is 28.9 Å². The highest BCUT2D eigenvalue weighted by Gasteiger charge is 2.48. The number of rotatable bonds is 8. The molecule has 5 rings (SSSR count). The Morgan fingerprint density at radius 2 is 1.77 bits per heavy atom. The molecule has 39 heavy (non-hydrogen) atoms. The lowest BCUT2D eigenvalue weighted by atomic mass is 9.94. The molecule has 0 radical (unpaired) electrons. The van der Waals surface area contributed by atoms with Crippen LogP contribution in [0.5, 0.6) is 11.5 Å². The van der Waals surface area contributed by atoms with Crippen molar-refractivity contribution in [3.63, 3.8) is 0 Å². The summed E-state index contributed by atoms with van der Waals surface area (Å²) in [5, 5.41) is 24.1. The molecular formula is C29H25N3O7. The van der Waals surface area contributed by atoms with Crippen LogP contribution in [0.1, 0.15) is 22.7 Å². The normalized spacial score (nSPS) is 16.6. The SMILES string of the molecule is COc1cccc(C(O)=C2C(=O)C(=O)N(CCc3c[nH]c4ccc(OC)cc34)[C@H]2c2ccccc2[N+](=O)[O-])c1. The number of hydrogen-bond acceptors (Lipinski definition) is 7. The highest BCUT2D eigenvalue weighted by Crippen LogP contribution is 2.43. The largest absolute Gasteiger partial charge is 0.507 e. The van der Waals surface area contributed by atoms with Gasteiger partial charge in [-0.3, -0.25) is 19.7 Å². The third kappa shape index (κ3) is 4.56. The van der Waals surface area contributed by atoms with E-state index in [1.54, 1.807) is 31.4 Å². The number of aliphatic hydroxyl groups excluding tert-OH is 1. The van der Waals surface area contributed by atoms with Gasteiger partial charge in [-0.25, -0.2) is 0 Å². The van der Waals surface area contributed by atoms with Crippen LogP contribution in [-0.2, 0) is 16.0 Å². The van der Waals surface area contributed by atoms with Crippen LogP contribution in [0.3, 0.4) is 0 Å². The number of nitrogens with one attached hydrogen (secondary N) is 1. The van der Waals surface area contributed by atoms with Gasteiger partial charge in [-0.15, -0.1) is 0 Å². The van der Waals surface area contributed by atoms with Crippen LogP contribution < -0.4 is 9.47 Å². The number of carbonyl (C=O) groups excluding carboxylic acids is 2. The molecule has 3 aromatic carbocycles. The van der Waals surface area contributed by atoms with E-state index in [2.05, 4.69) is 4.98 Å². The van der Waals surface area contributed by atoms with Gasteiger partial charge in [-0.2, -0.15) is 0 Å². The van der Waals surface area contributed by atoms with Crippen molar-refractivity contribution in [2.24, 2.45) is 0 Å². The quantitative estimate of drug-likeness (QED) is 0.111. The van der Waals surface area contributed by atoms with Gasteiger partial charge in [0, 0.05) is 35.3 Å². The second-order valence-corrected chi connectivity index (χ2v) is 9.02. The van der Waals surface area contributed by atoms with E-state index in [0.717, 1.165) is 16.5 Å². The first kappa shape index (κ1) is 25.5. The second kappa shape index (κ2) is 10.3. The maximum absolute atomic E-state index is 13.4. The predicted molar refractivity (Wildman–Crippen MR) is 144 cm³/mol. The molecular weight excluding hydrogens is 502 g/mol. The number of aliphatic hydroxyl groups is 1. The summed E-state index contributed by atoms with van der Waals surface area (Å²) in [6.07, 6.45) is 2.16. The molecule has 4 aromatic rings. The summed E-state index contributed by atoms with van der Waals surface area (Å²) in [6, 6.07) is 16.7. The molecule has 0 bridgehead atoms. The third-order valence-electron chi connectivity index (χ3n) is 6.91. The summed E-state index contributed by atoms with van der Waals surface area (Å²) in [4.78, 5) is 42.6. The molecule has 1 amide bonds. The zero-order valence-corrected chi connectivity index (χ0v) is 21.2. The van der Waals surface area contributed by atoms with Crippen LogP contribution in [0.25, 0.3) is 16.7 Å². The van der Waals surface area contributed by atoms with E-state index in [4.69, 9.17) is 9.47 Å². The number of ketones is 1. The zero-order valence-electron chi connectivity index (χ0n) is 21.2. The summed E-state index contributed by atoms with van der Waals surface area (Å²) >= 11 is 0. The number of nitrogens with zero attached hydrogens (tertiary/aromatic N) is 2. The monoisotopic (exact) mass is 527 g/mol. The first-order chi connectivity index (χ1) is 18.8. The number of ether oxygens (including phenoxy) is 2. The number of aromatic amines is 1. The number of benzene rings is 3. The molecule has 198 valence electrons. The maximum Gasteiger partial charge on any atom is 0.295 e. The predicted octanol–water partition coefficient (Wildman–Crippen LogP) is 4.76. The van der Waals surface area contributed by atoms with Crippen molar-refractivity contribution in [3.05, 3.63) is 105 Å². The lowest BCUT2D eigenvalue weighted by Gasteiger charge is -2.25. The van der Waals surface area contributed by atoms with Gasteiger partial charge >= 0.3 is 0 Å². The molecule has 2 N–H and O–H groups in total. The first-order valence-corrected chi connectivity index (χ1v) is 12.1. The Balaban J connectivity index is 1.61. The number of carbonyl (C=O) groups is 2. The molecule has 1 atom stereocenters. The van der Waals surface area contributed by atoms with Gasteiger partial charge in [0.15, 0.2) is 0 Å². The summed E-state index contributed by atoms with van der Waals surface area (Å²) in [5.74, 6) is -1.10. The molecule has 0 saturated carbocycles. The fraction of sp³-hybridized carbons (Fsp3) is 0.172. The molecule has 10 heteroatoms. The highest BCUT2D eigenvalue weighted by molar-refractivity contribution is 6.46. The van der Waals surface area contributed by atoms with E-state index in [9.17, 15) is 24.8 Å². The second-order valence-electron chi connectivity index (χ2n) is 9.02.